The molecule has 0 spiro atoms. The topological polar surface area (TPSA) is 16.1 Å². The second kappa shape index (κ2) is 7.70. The Morgan fingerprint density at radius 1 is 0.696 bits per heavy atom. The van der Waals surface area contributed by atoms with Crippen LogP contribution >= 0.6 is 0 Å². The molecule has 0 N–H and O–H groups in total. The monoisotopic (exact) mass is 302 g/mol. The first-order chi connectivity index (χ1) is 11.3. The molecule has 2 heteroatoms. The molecule has 116 valence electrons. The van der Waals surface area contributed by atoms with Crippen molar-refractivity contribution < 1.29 is 0 Å². The van der Waals surface area contributed by atoms with Crippen molar-refractivity contribution in [2.45, 2.75) is 26.6 Å². The minimum absolute atomic E-state index is 0.851. The van der Waals surface area contributed by atoms with Crippen molar-refractivity contribution in [3.05, 3.63) is 101 Å². The van der Waals surface area contributed by atoms with E-state index in [-0.39, 0.29) is 0 Å². The minimum atomic E-state index is 0.851. The lowest BCUT2D eigenvalue weighted by Crippen LogP contribution is -2.23. The molecule has 0 saturated carbocycles. The number of hydrogen-bond acceptors (Lipinski definition) is 2. The van der Waals surface area contributed by atoms with Crippen molar-refractivity contribution in [3.63, 3.8) is 0 Å². The standard InChI is InChI=1S/C21H22N2/c1-18-12-13-21(22-14-18)17-23(15-19-8-4-2-5-9-19)16-20-10-6-3-7-11-20/h2-14H,15-17H2,1H3. The molecule has 1 aromatic heterocycles. The van der Waals surface area contributed by atoms with E-state index in [2.05, 4.69) is 89.6 Å². The predicted octanol–water partition coefficient (Wildman–Crippen LogP) is 4.59. The van der Waals surface area contributed by atoms with E-state index in [1.54, 1.807) is 0 Å². The van der Waals surface area contributed by atoms with Crippen LogP contribution in [0, 0.1) is 6.92 Å². The van der Waals surface area contributed by atoms with Crippen LogP contribution in [0.1, 0.15) is 22.4 Å². The van der Waals surface area contributed by atoms with Crippen LogP contribution in [0.5, 0.6) is 0 Å². The highest BCUT2D eigenvalue weighted by atomic mass is 15.1. The number of pyridine rings is 1. The van der Waals surface area contributed by atoms with Gasteiger partial charge in [-0.05, 0) is 29.7 Å². The van der Waals surface area contributed by atoms with Gasteiger partial charge in [0.1, 0.15) is 0 Å². The number of aryl methyl sites for hydroxylation is 1. The fourth-order valence-electron chi connectivity index (χ4n) is 2.67. The highest BCUT2D eigenvalue weighted by Crippen LogP contribution is 2.13. The van der Waals surface area contributed by atoms with Crippen molar-refractivity contribution in [2.75, 3.05) is 0 Å². The third kappa shape index (κ3) is 4.76. The molecule has 0 aliphatic carbocycles. The van der Waals surface area contributed by atoms with Gasteiger partial charge in [-0.25, -0.2) is 0 Å². The van der Waals surface area contributed by atoms with Gasteiger partial charge in [-0.3, -0.25) is 9.88 Å². The first-order valence-corrected chi connectivity index (χ1v) is 8.01. The Hall–Kier alpha value is -2.45. The number of nitrogens with zero attached hydrogens (tertiary/aromatic N) is 2. The average molecular weight is 302 g/mol. The molecule has 0 amide bonds. The molecule has 0 aliphatic rings. The predicted molar refractivity (Wildman–Crippen MR) is 94.8 cm³/mol. The van der Waals surface area contributed by atoms with Crippen LogP contribution < -0.4 is 0 Å². The molecule has 0 atom stereocenters. The first kappa shape index (κ1) is 15.4. The van der Waals surface area contributed by atoms with Gasteiger partial charge in [0.05, 0.1) is 5.69 Å². The molecule has 0 saturated heterocycles. The molecule has 0 radical (unpaired) electrons. The summed E-state index contributed by atoms with van der Waals surface area (Å²) in [5.41, 5.74) is 4.97. The Morgan fingerprint density at radius 2 is 1.26 bits per heavy atom. The molecule has 3 rings (SSSR count). The van der Waals surface area contributed by atoms with Crippen molar-refractivity contribution >= 4 is 0 Å². The lowest BCUT2D eigenvalue weighted by atomic mass is 10.1. The van der Waals surface area contributed by atoms with Gasteiger partial charge in [-0.15, -0.1) is 0 Å². The lowest BCUT2D eigenvalue weighted by molar-refractivity contribution is 0.244. The molecule has 2 aromatic carbocycles. The molecule has 0 aliphatic heterocycles. The van der Waals surface area contributed by atoms with Gasteiger partial charge in [0.2, 0.25) is 0 Å². The summed E-state index contributed by atoms with van der Waals surface area (Å²) >= 11 is 0. The maximum atomic E-state index is 4.56. The quantitative estimate of drug-likeness (QED) is 0.662. The highest BCUT2D eigenvalue weighted by Gasteiger charge is 2.09. The van der Waals surface area contributed by atoms with E-state index in [1.807, 2.05) is 6.20 Å². The fourth-order valence-corrected chi connectivity index (χ4v) is 2.67. The summed E-state index contributed by atoms with van der Waals surface area (Å²) in [7, 11) is 0. The Bertz CT molecular complexity index is 664. The van der Waals surface area contributed by atoms with Gasteiger partial charge in [0.15, 0.2) is 0 Å². The minimum Gasteiger partial charge on any atom is -0.289 e. The zero-order valence-corrected chi connectivity index (χ0v) is 13.5. The van der Waals surface area contributed by atoms with Crippen LogP contribution in [-0.2, 0) is 19.6 Å². The number of rotatable bonds is 6. The largest absolute Gasteiger partial charge is 0.289 e. The molecule has 0 unspecified atom stereocenters. The van der Waals surface area contributed by atoms with Crippen LogP contribution in [-0.4, -0.2) is 9.88 Å². The summed E-state index contributed by atoms with van der Waals surface area (Å²) in [5, 5.41) is 0. The average Bonchev–Trinajstić information content (AvgIpc) is 2.59. The van der Waals surface area contributed by atoms with Gasteiger partial charge in [0.25, 0.3) is 0 Å². The third-order valence-electron chi connectivity index (χ3n) is 3.86. The summed E-state index contributed by atoms with van der Waals surface area (Å²) in [5.74, 6) is 0. The Labute approximate surface area is 138 Å². The van der Waals surface area contributed by atoms with Gasteiger partial charge in [0, 0.05) is 25.8 Å². The fraction of sp³-hybridized carbons (Fsp3) is 0.190. The van der Waals surface area contributed by atoms with E-state index >= 15 is 0 Å². The third-order valence-corrected chi connectivity index (χ3v) is 3.86. The van der Waals surface area contributed by atoms with E-state index < -0.39 is 0 Å². The lowest BCUT2D eigenvalue weighted by Gasteiger charge is -2.22. The zero-order chi connectivity index (χ0) is 15.9. The van der Waals surface area contributed by atoms with Crippen LogP contribution in [0.15, 0.2) is 79.0 Å². The Morgan fingerprint density at radius 3 is 1.74 bits per heavy atom. The first-order valence-electron chi connectivity index (χ1n) is 8.01. The van der Waals surface area contributed by atoms with Gasteiger partial charge < -0.3 is 0 Å². The van der Waals surface area contributed by atoms with Gasteiger partial charge in [-0.1, -0.05) is 66.7 Å². The van der Waals surface area contributed by atoms with Crippen LogP contribution in [0.4, 0.5) is 0 Å². The molecular weight excluding hydrogens is 280 g/mol. The number of hydrogen-bond donors (Lipinski definition) is 0. The summed E-state index contributed by atoms with van der Waals surface area (Å²) in [6.07, 6.45) is 1.94. The second-order valence-electron chi connectivity index (χ2n) is 5.94. The van der Waals surface area contributed by atoms with Gasteiger partial charge in [-0.2, -0.15) is 0 Å². The summed E-state index contributed by atoms with van der Waals surface area (Å²) in [6.45, 7) is 4.77. The molecule has 23 heavy (non-hydrogen) atoms. The smallest absolute Gasteiger partial charge is 0.0544 e. The second-order valence-corrected chi connectivity index (χ2v) is 5.94. The van der Waals surface area contributed by atoms with Crippen molar-refractivity contribution in [1.82, 2.24) is 9.88 Å². The summed E-state index contributed by atoms with van der Waals surface area (Å²) in [6, 6.07) is 25.5. The Kier molecular flexibility index (Phi) is 5.17. The van der Waals surface area contributed by atoms with Crippen molar-refractivity contribution in [1.29, 1.82) is 0 Å². The maximum absolute atomic E-state index is 4.56. The summed E-state index contributed by atoms with van der Waals surface area (Å²) in [4.78, 5) is 6.99. The molecular formula is C21H22N2. The highest BCUT2D eigenvalue weighted by molar-refractivity contribution is 5.18. The molecule has 0 fully saturated rings. The molecule has 0 bridgehead atoms. The summed E-state index contributed by atoms with van der Waals surface area (Å²) < 4.78 is 0. The Balaban J connectivity index is 1.76. The maximum Gasteiger partial charge on any atom is 0.0544 e. The van der Waals surface area contributed by atoms with Crippen LogP contribution in [0.25, 0.3) is 0 Å². The van der Waals surface area contributed by atoms with E-state index in [9.17, 15) is 0 Å². The van der Waals surface area contributed by atoms with Crippen molar-refractivity contribution in [2.24, 2.45) is 0 Å². The van der Waals surface area contributed by atoms with E-state index in [4.69, 9.17) is 0 Å². The van der Waals surface area contributed by atoms with E-state index in [0.29, 0.717) is 0 Å². The van der Waals surface area contributed by atoms with Gasteiger partial charge >= 0.3 is 0 Å². The number of aromatic nitrogens is 1. The molecule has 3 aromatic rings. The SMILES string of the molecule is Cc1ccc(CN(Cc2ccccc2)Cc2ccccc2)nc1. The van der Waals surface area contributed by atoms with Crippen LogP contribution in [0.3, 0.4) is 0 Å². The molecule has 1 heterocycles. The number of benzene rings is 2. The molecule has 2 nitrogen and oxygen atoms in total. The van der Waals surface area contributed by atoms with Crippen molar-refractivity contribution in [3.8, 4) is 0 Å². The van der Waals surface area contributed by atoms with E-state index in [0.717, 1.165) is 25.3 Å². The van der Waals surface area contributed by atoms with E-state index in [1.165, 1.54) is 16.7 Å². The zero-order valence-electron chi connectivity index (χ0n) is 13.5. The normalized spacial score (nSPS) is 10.9. The van der Waals surface area contributed by atoms with Crippen LogP contribution in [0.2, 0.25) is 0 Å².